The van der Waals surface area contributed by atoms with Gasteiger partial charge in [0, 0.05) is 11.6 Å². The van der Waals surface area contributed by atoms with Gasteiger partial charge in [-0.15, -0.1) is 11.6 Å². The van der Waals surface area contributed by atoms with Crippen molar-refractivity contribution in [1.82, 2.24) is 0 Å². The molecule has 0 saturated heterocycles. The number of carbonyl (C=O) groups is 1. The molecule has 0 atom stereocenters. The van der Waals surface area contributed by atoms with E-state index in [0.29, 0.717) is 0 Å². The number of hydrogen-bond acceptors (Lipinski definition) is 5. The highest BCUT2D eigenvalue weighted by Gasteiger charge is 2.22. The molecule has 0 unspecified atom stereocenters. The summed E-state index contributed by atoms with van der Waals surface area (Å²) in [6, 6.07) is 4.42. The number of nitro groups is 1. The molecule has 0 amide bonds. The van der Waals surface area contributed by atoms with Gasteiger partial charge in [-0.3, -0.25) is 14.9 Å². The van der Waals surface area contributed by atoms with Gasteiger partial charge in [0.05, 0.1) is 35.5 Å². The van der Waals surface area contributed by atoms with Crippen LogP contribution in [0.2, 0.25) is 0 Å². The number of nitriles is 1. The molecule has 1 aromatic carbocycles. The quantitative estimate of drug-likeness (QED) is 0.357. The number of carbonyl (C=O) groups excluding carboxylic acids is 1. The molecule has 0 bridgehead atoms. The lowest BCUT2D eigenvalue weighted by molar-refractivity contribution is -0.385. The number of hydrogen-bond donors (Lipinski definition) is 0. The van der Waals surface area contributed by atoms with Gasteiger partial charge in [0.2, 0.25) is 0 Å². The van der Waals surface area contributed by atoms with Crippen LogP contribution in [0, 0.1) is 21.4 Å². The summed E-state index contributed by atoms with van der Waals surface area (Å²) in [4.78, 5) is 21.8. The van der Waals surface area contributed by atoms with Crippen molar-refractivity contribution in [2.45, 2.75) is 19.2 Å². The standard InChI is InChI=1S/C12H11ClN2O4/c1-2-19-12(16)5-9-8(7-14)3-4-11(15(17)18)10(9)6-13/h3-4H,2,5-6H2,1H3. The van der Waals surface area contributed by atoms with E-state index in [1.165, 1.54) is 12.1 Å². The number of esters is 1. The van der Waals surface area contributed by atoms with E-state index in [1.807, 2.05) is 6.07 Å². The van der Waals surface area contributed by atoms with Crippen LogP contribution < -0.4 is 0 Å². The monoisotopic (exact) mass is 282 g/mol. The Morgan fingerprint density at radius 1 is 1.53 bits per heavy atom. The molecule has 1 aromatic rings. The Balaban J connectivity index is 3.32. The van der Waals surface area contributed by atoms with E-state index in [2.05, 4.69) is 0 Å². The summed E-state index contributed by atoms with van der Waals surface area (Å²) < 4.78 is 4.78. The highest BCUT2D eigenvalue weighted by atomic mass is 35.5. The third kappa shape index (κ3) is 3.42. The first-order valence-corrected chi connectivity index (χ1v) is 5.99. The molecule has 19 heavy (non-hydrogen) atoms. The summed E-state index contributed by atoms with van der Waals surface area (Å²) in [5, 5.41) is 19.9. The molecule has 0 radical (unpaired) electrons. The first-order valence-electron chi connectivity index (χ1n) is 5.45. The maximum atomic E-state index is 11.5. The molecular formula is C12H11ClN2O4. The van der Waals surface area contributed by atoms with E-state index < -0.39 is 10.9 Å². The minimum absolute atomic E-state index is 0.152. The van der Waals surface area contributed by atoms with Crippen LogP contribution >= 0.6 is 11.6 Å². The molecule has 0 aliphatic carbocycles. The molecule has 0 N–H and O–H groups in total. The molecule has 6 nitrogen and oxygen atoms in total. The molecule has 0 heterocycles. The number of nitro benzene ring substituents is 1. The fourth-order valence-electron chi connectivity index (χ4n) is 1.66. The van der Waals surface area contributed by atoms with Gasteiger partial charge < -0.3 is 4.74 Å². The van der Waals surface area contributed by atoms with Gasteiger partial charge in [-0.05, 0) is 18.6 Å². The molecule has 1 rings (SSSR count). The normalized spacial score (nSPS) is 9.74. The van der Waals surface area contributed by atoms with E-state index >= 15 is 0 Å². The minimum atomic E-state index is -0.590. The molecule has 0 aliphatic rings. The van der Waals surface area contributed by atoms with Crippen molar-refractivity contribution in [2.24, 2.45) is 0 Å². The van der Waals surface area contributed by atoms with Crippen molar-refractivity contribution in [3.8, 4) is 6.07 Å². The van der Waals surface area contributed by atoms with Crippen molar-refractivity contribution >= 4 is 23.3 Å². The Morgan fingerprint density at radius 2 is 2.21 bits per heavy atom. The lowest BCUT2D eigenvalue weighted by Gasteiger charge is -2.09. The highest BCUT2D eigenvalue weighted by molar-refractivity contribution is 6.17. The van der Waals surface area contributed by atoms with Crippen LogP contribution in [0.25, 0.3) is 0 Å². The smallest absolute Gasteiger partial charge is 0.310 e. The number of halogens is 1. The topological polar surface area (TPSA) is 93.2 Å². The maximum absolute atomic E-state index is 11.5. The fourth-order valence-corrected chi connectivity index (χ4v) is 1.96. The van der Waals surface area contributed by atoms with Gasteiger partial charge >= 0.3 is 5.97 Å². The first kappa shape index (κ1) is 14.9. The Bertz CT molecular complexity index is 551. The summed E-state index contributed by atoms with van der Waals surface area (Å²) >= 11 is 5.70. The molecule has 0 spiro atoms. The highest BCUT2D eigenvalue weighted by Crippen LogP contribution is 2.27. The number of benzene rings is 1. The Morgan fingerprint density at radius 3 is 2.68 bits per heavy atom. The number of nitrogens with zero attached hydrogens (tertiary/aromatic N) is 2. The second kappa shape index (κ2) is 6.71. The van der Waals surface area contributed by atoms with E-state index in [4.69, 9.17) is 21.6 Å². The van der Waals surface area contributed by atoms with Crippen molar-refractivity contribution in [3.05, 3.63) is 38.9 Å². The SMILES string of the molecule is CCOC(=O)Cc1c(C#N)ccc([N+](=O)[O-])c1CCl. The largest absolute Gasteiger partial charge is 0.466 e. The van der Waals surface area contributed by atoms with Crippen LogP contribution in [0.15, 0.2) is 12.1 Å². The summed E-state index contributed by atoms with van der Waals surface area (Å²) in [5.74, 6) is -0.702. The molecule has 7 heteroatoms. The zero-order chi connectivity index (χ0) is 14.4. The predicted molar refractivity (Wildman–Crippen MR) is 67.7 cm³/mol. The third-order valence-electron chi connectivity index (χ3n) is 2.48. The molecule has 0 fully saturated rings. The Hall–Kier alpha value is -2.13. The van der Waals surface area contributed by atoms with Crippen LogP contribution in [0.1, 0.15) is 23.6 Å². The number of rotatable bonds is 5. The van der Waals surface area contributed by atoms with Crippen molar-refractivity contribution in [1.29, 1.82) is 5.26 Å². The van der Waals surface area contributed by atoms with Crippen molar-refractivity contribution < 1.29 is 14.5 Å². The van der Waals surface area contributed by atoms with Crippen LogP contribution in [-0.2, 0) is 21.8 Å². The summed E-state index contributed by atoms with van der Waals surface area (Å²) in [6.45, 7) is 1.85. The first-order chi connectivity index (χ1) is 9.04. The van der Waals surface area contributed by atoms with Gasteiger partial charge in [-0.2, -0.15) is 5.26 Å². The molecule has 0 saturated carbocycles. The van der Waals surface area contributed by atoms with Gasteiger partial charge in [0.15, 0.2) is 0 Å². The van der Waals surface area contributed by atoms with E-state index in [0.717, 1.165) is 0 Å². The average Bonchev–Trinajstić information content (AvgIpc) is 2.38. The lowest BCUT2D eigenvalue weighted by atomic mass is 9.98. The molecule has 0 aromatic heterocycles. The Labute approximate surface area is 114 Å². The summed E-state index contributed by atoms with van der Waals surface area (Å²) in [7, 11) is 0. The van der Waals surface area contributed by atoms with Crippen molar-refractivity contribution in [3.63, 3.8) is 0 Å². The van der Waals surface area contributed by atoms with Crippen LogP contribution in [-0.4, -0.2) is 17.5 Å². The third-order valence-corrected chi connectivity index (χ3v) is 2.75. The summed E-state index contributed by atoms with van der Waals surface area (Å²) in [6.07, 6.45) is -0.208. The van der Waals surface area contributed by atoms with Crippen molar-refractivity contribution in [2.75, 3.05) is 6.61 Å². The second-order valence-corrected chi connectivity index (χ2v) is 3.84. The zero-order valence-electron chi connectivity index (χ0n) is 10.2. The van der Waals surface area contributed by atoms with Gasteiger partial charge in [0.1, 0.15) is 0 Å². The number of alkyl halides is 1. The second-order valence-electron chi connectivity index (χ2n) is 3.57. The predicted octanol–water partition coefficient (Wildman–Crippen LogP) is 2.31. The Kier molecular flexibility index (Phi) is 5.27. The lowest BCUT2D eigenvalue weighted by Crippen LogP contribution is -2.11. The van der Waals surface area contributed by atoms with Gasteiger partial charge in [0.25, 0.3) is 5.69 Å². The fraction of sp³-hybridized carbons (Fsp3) is 0.333. The van der Waals surface area contributed by atoms with E-state index in [1.54, 1.807) is 6.92 Å². The molecular weight excluding hydrogens is 272 g/mol. The van der Waals surface area contributed by atoms with Crippen LogP contribution in [0.3, 0.4) is 0 Å². The molecule has 100 valence electrons. The van der Waals surface area contributed by atoms with Gasteiger partial charge in [-0.1, -0.05) is 0 Å². The van der Waals surface area contributed by atoms with E-state index in [-0.39, 0.29) is 41.3 Å². The number of ether oxygens (including phenoxy) is 1. The summed E-state index contributed by atoms with van der Waals surface area (Å²) in [5.41, 5.74) is 0.423. The van der Waals surface area contributed by atoms with E-state index in [9.17, 15) is 14.9 Å². The molecule has 0 aliphatic heterocycles. The van der Waals surface area contributed by atoms with Crippen LogP contribution in [0.5, 0.6) is 0 Å². The zero-order valence-corrected chi connectivity index (χ0v) is 10.9. The average molecular weight is 283 g/mol. The maximum Gasteiger partial charge on any atom is 0.310 e. The van der Waals surface area contributed by atoms with Gasteiger partial charge in [-0.25, -0.2) is 0 Å². The van der Waals surface area contributed by atoms with Crippen LogP contribution in [0.4, 0.5) is 5.69 Å². The minimum Gasteiger partial charge on any atom is -0.466 e.